The van der Waals surface area contributed by atoms with Crippen molar-refractivity contribution in [2.75, 3.05) is 0 Å². The zero-order valence-corrected chi connectivity index (χ0v) is 10.6. The van der Waals surface area contributed by atoms with Crippen molar-refractivity contribution in [1.82, 2.24) is 14.8 Å². The molecule has 1 heterocycles. The second-order valence-electron chi connectivity index (χ2n) is 4.01. The van der Waals surface area contributed by atoms with Crippen LogP contribution in [0.1, 0.15) is 16.7 Å². The molecule has 0 radical (unpaired) electrons. The highest BCUT2D eigenvalue weighted by Crippen LogP contribution is 2.21. The Morgan fingerprint density at radius 2 is 1.88 bits per heavy atom. The summed E-state index contributed by atoms with van der Waals surface area (Å²) in [5, 5.41) is 8.87. The van der Waals surface area contributed by atoms with E-state index in [2.05, 4.69) is 42.2 Å². The number of hydrogen-bond acceptors (Lipinski definition) is 3. The third-order valence-corrected chi connectivity index (χ3v) is 3.42. The van der Waals surface area contributed by atoms with E-state index in [-0.39, 0.29) is 0 Å². The van der Waals surface area contributed by atoms with E-state index in [0.29, 0.717) is 0 Å². The van der Waals surface area contributed by atoms with Crippen molar-refractivity contribution in [2.45, 2.75) is 24.8 Å². The molecule has 3 nitrogen and oxygen atoms in total. The van der Waals surface area contributed by atoms with Crippen molar-refractivity contribution in [3.63, 3.8) is 0 Å². The zero-order valence-electron chi connectivity index (χ0n) is 9.77. The van der Waals surface area contributed by atoms with Crippen LogP contribution in [0.15, 0.2) is 29.7 Å². The van der Waals surface area contributed by atoms with Gasteiger partial charge in [0, 0.05) is 12.8 Å². The summed E-state index contributed by atoms with van der Waals surface area (Å²) in [6.45, 7) is 4.26. The van der Waals surface area contributed by atoms with Crippen LogP contribution in [-0.4, -0.2) is 14.8 Å². The fraction of sp³-hybridized carbons (Fsp3) is 0.333. The van der Waals surface area contributed by atoms with Gasteiger partial charge >= 0.3 is 0 Å². The van der Waals surface area contributed by atoms with Crippen LogP contribution < -0.4 is 0 Å². The van der Waals surface area contributed by atoms with Crippen molar-refractivity contribution in [2.24, 2.45) is 7.05 Å². The molecular formula is C12H15N3S. The van der Waals surface area contributed by atoms with Crippen LogP contribution in [0.25, 0.3) is 0 Å². The van der Waals surface area contributed by atoms with Crippen LogP contribution in [0.2, 0.25) is 0 Å². The number of aryl methyl sites for hydroxylation is 3. The van der Waals surface area contributed by atoms with Gasteiger partial charge in [0.1, 0.15) is 6.33 Å². The summed E-state index contributed by atoms with van der Waals surface area (Å²) >= 11 is 1.71. The number of aromatic nitrogens is 3. The SMILES string of the molecule is Cc1cc(C)cc(CSc2nncn2C)c1. The van der Waals surface area contributed by atoms with Crippen molar-refractivity contribution in [3.05, 3.63) is 41.2 Å². The van der Waals surface area contributed by atoms with Crippen molar-refractivity contribution < 1.29 is 0 Å². The first-order valence-corrected chi connectivity index (χ1v) is 6.17. The van der Waals surface area contributed by atoms with Gasteiger partial charge < -0.3 is 4.57 Å². The highest BCUT2D eigenvalue weighted by atomic mass is 32.2. The minimum atomic E-state index is 0.940. The maximum atomic E-state index is 4.05. The van der Waals surface area contributed by atoms with Crippen LogP contribution in [0, 0.1) is 13.8 Å². The number of benzene rings is 1. The lowest BCUT2D eigenvalue weighted by molar-refractivity contribution is 0.788. The molecule has 16 heavy (non-hydrogen) atoms. The van der Waals surface area contributed by atoms with E-state index in [9.17, 15) is 0 Å². The Labute approximate surface area is 99.9 Å². The summed E-state index contributed by atoms with van der Waals surface area (Å²) in [6.07, 6.45) is 1.73. The Hall–Kier alpha value is -1.29. The lowest BCUT2D eigenvalue weighted by Crippen LogP contribution is -1.90. The van der Waals surface area contributed by atoms with Crippen molar-refractivity contribution in [3.8, 4) is 0 Å². The second-order valence-corrected chi connectivity index (χ2v) is 4.95. The number of thioether (sulfide) groups is 1. The van der Waals surface area contributed by atoms with Gasteiger partial charge in [-0.15, -0.1) is 10.2 Å². The number of rotatable bonds is 3. The highest BCUT2D eigenvalue weighted by molar-refractivity contribution is 7.98. The zero-order chi connectivity index (χ0) is 11.5. The maximum absolute atomic E-state index is 4.05. The monoisotopic (exact) mass is 233 g/mol. The summed E-state index contributed by atoms with van der Waals surface area (Å²) < 4.78 is 1.94. The maximum Gasteiger partial charge on any atom is 0.191 e. The van der Waals surface area contributed by atoms with E-state index in [1.807, 2.05) is 11.6 Å². The molecule has 4 heteroatoms. The molecule has 0 saturated carbocycles. The smallest absolute Gasteiger partial charge is 0.191 e. The first kappa shape index (κ1) is 11.2. The molecule has 0 bridgehead atoms. The molecule has 0 amide bonds. The van der Waals surface area contributed by atoms with Gasteiger partial charge in [-0.25, -0.2) is 0 Å². The lowest BCUT2D eigenvalue weighted by Gasteiger charge is -2.04. The van der Waals surface area contributed by atoms with Gasteiger partial charge in [0.05, 0.1) is 0 Å². The first-order valence-electron chi connectivity index (χ1n) is 5.19. The van der Waals surface area contributed by atoms with E-state index < -0.39 is 0 Å². The Morgan fingerprint density at radius 3 is 2.44 bits per heavy atom. The average Bonchev–Trinajstić information content (AvgIpc) is 2.59. The van der Waals surface area contributed by atoms with Gasteiger partial charge in [0.25, 0.3) is 0 Å². The van der Waals surface area contributed by atoms with Crippen LogP contribution in [0.5, 0.6) is 0 Å². The molecule has 0 aliphatic rings. The third kappa shape index (κ3) is 2.64. The normalized spacial score (nSPS) is 10.7. The van der Waals surface area contributed by atoms with E-state index in [0.717, 1.165) is 10.9 Å². The molecule has 2 rings (SSSR count). The molecule has 0 atom stereocenters. The average molecular weight is 233 g/mol. The third-order valence-electron chi connectivity index (χ3n) is 2.32. The van der Waals surface area contributed by atoms with Gasteiger partial charge in [-0.3, -0.25) is 0 Å². The van der Waals surface area contributed by atoms with Crippen molar-refractivity contribution >= 4 is 11.8 Å². The molecule has 0 aliphatic heterocycles. The standard InChI is InChI=1S/C12H15N3S/c1-9-4-10(2)6-11(5-9)7-16-12-14-13-8-15(12)3/h4-6,8H,7H2,1-3H3. The van der Waals surface area contributed by atoms with Crippen LogP contribution >= 0.6 is 11.8 Å². The van der Waals surface area contributed by atoms with Crippen LogP contribution in [0.4, 0.5) is 0 Å². The van der Waals surface area contributed by atoms with Gasteiger partial charge in [-0.05, 0) is 19.4 Å². The Balaban J connectivity index is 2.07. The molecule has 1 aromatic heterocycles. The summed E-state index contributed by atoms with van der Waals surface area (Å²) in [5.74, 6) is 0.940. The van der Waals surface area contributed by atoms with Crippen LogP contribution in [-0.2, 0) is 12.8 Å². The molecule has 0 N–H and O–H groups in total. The molecule has 0 saturated heterocycles. The molecule has 0 aliphatic carbocycles. The van der Waals surface area contributed by atoms with Gasteiger partial charge in [-0.1, -0.05) is 41.1 Å². The first-order chi connectivity index (χ1) is 7.65. The summed E-state index contributed by atoms with van der Waals surface area (Å²) in [5.41, 5.74) is 3.97. The summed E-state index contributed by atoms with van der Waals surface area (Å²) in [4.78, 5) is 0. The lowest BCUT2D eigenvalue weighted by atomic mass is 10.1. The molecule has 0 unspecified atom stereocenters. The highest BCUT2D eigenvalue weighted by Gasteiger charge is 2.02. The summed E-state index contributed by atoms with van der Waals surface area (Å²) in [7, 11) is 1.96. The Kier molecular flexibility index (Phi) is 3.29. The second kappa shape index (κ2) is 4.70. The predicted octanol–water partition coefficient (Wildman–Crippen LogP) is 2.72. The van der Waals surface area contributed by atoms with Crippen molar-refractivity contribution in [1.29, 1.82) is 0 Å². The fourth-order valence-corrected chi connectivity index (χ4v) is 2.52. The topological polar surface area (TPSA) is 30.7 Å². The van der Waals surface area contributed by atoms with Crippen LogP contribution in [0.3, 0.4) is 0 Å². The van der Waals surface area contributed by atoms with Gasteiger partial charge in [-0.2, -0.15) is 0 Å². The quantitative estimate of drug-likeness (QED) is 0.764. The van der Waals surface area contributed by atoms with Gasteiger partial charge in [0.15, 0.2) is 5.16 Å². The Morgan fingerprint density at radius 1 is 1.19 bits per heavy atom. The number of nitrogens with zero attached hydrogens (tertiary/aromatic N) is 3. The molecule has 0 fully saturated rings. The molecule has 84 valence electrons. The van der Waals surface area contributed by atoms with E-state index in [1.165, 1.54) is 16.7 Å². The predicted molar refractivity (Wildman–Crippen MR) is 66.5 cm³/mol. The largest absolute Gasteiger partial charge is 0.312 e. The minimum Gasteiger partial charge on any atom is -0.312 e. The van der Waals surface area contributed by atoms with E-state index in [1.54, 1.807) is 18.1 Å². The van der Waals surface area contributed by atoms with E-state index >= 15 is 0 Å². The summed E-state index contributed by atoms with van der Waals surface area (Å²) in [6, 6.07) is 6.63. The molecule has 2 aromatic rings. The van der Waals surface area contributed by atoms with E-state index in [4.69, 9.17) is 0 Å². The Bertz CT molecular complexity index is 471. The fourth-order valence-electron chi connectivity index (χ4n) is 1.70. The molecule has 1 aromatic carbocycles. The minimum absolute atomic E-state index is 0.940. The molecular weight excluding hydrogens is 218 g/mol. The number of hydrogen-bond donors (Lipinski definition) is 0. The molecule has 0 spiro atoms. The van der Waals surface area contributed by atoms with Gasteiger partial charge in [0.2, 0.25) is 0 Å².